The average molecular weight is 286 g/mol. The van der Waals surface area contributed by atoms with Crippen LogP contribution < -0.4 is 10.2 Å². The van der Waals surface area contributed by atoms with E-state index in [1.807, 2.05) is 36.4 Å². The second-order valence-electron chi connectivity index (χ2n) is 4.30. The molecule has 0 radical (unpaired) electrons. The summed E-state index contributed by atoms with van der Waals surface area (Å²) in [5.74, 6) is 0.398. The summed E-state index contributed by atoms with van der Waals surface area (Å²) in [5, 5.41) is 6.21. The van der Waals surface area contributed by atoms with Crippen LogP contribution in [0.2, 0.25) is 0 Å². The van der Waals surface area contributed by atoms with Crippen molar-refractivity contribution >= 4 is 23.0 Å². The number of ether oxygens (including phenoxy) is 2. The van der Waals surface area contributed by atoms with Crippen molar-refractivity contribution in [1.29, 1.82) is 0 Å². The van der Waals surface area contributed by atoms with Gasteiger partial charge in [0.2, 0.25) is 0 Å². The molecule has 0 aromatic heterocycles. The minimum atomic E-state index is -0.334. The van der Waals surface area contributed by atoms with Gasteiger partial charge < -0.3 is 9.47 Å². The highest BCUT2D eigenvalue weighted by Crippen LogP contribution is 2.26. The molecule has 21 heavy (non-hydrogen) atoms. The number of nitrogens with zero attached hydrogens (tertiary/aromatic N) is 1. The lowest BCUT2D eigenvalue weighted by atomic mass is 10.0. The number of carbonyl (C=O) groups excluding carboxylic acids is 1. The zero-order valence-electron chi connectivity index (χ0n) is 12.1. The number of rotatable bonds is 6. The lowest BCUT2D eigenvalue weighted by Crippen LogP contribution is -2.20. The van der Waals surface area contributed by atoms with E-state index in [1.165, 1.54) is 0 Å². The summed E-state index contributed by atoms with van der Waals surface area (Å²) < 4.78 is 10.2. The second kappa shape index (κ2) is 7.28. The first-order valence-electron chi connectivity index (χ1n) is 6.73. The van der Waals surface area contributed by atoms with Gasteiger partial charge in [0.15, 0.2) is 0 Å². The molecule has 2 rings (SSSR count). The molecule has 0 unspecified atom stereocenters. The van der Waals surface area contributed by atoms with E-state index < -0.39 is 0 Å². The van der Waals surface area contributed by atoms with Gasteiger partial charge >= 0.3 is 5.97 Å². The zero-order valence-corrected chi connectivity index (χ0v) is 12.1. The first kappa shape index (κ1) is 14.8. The van der Waals surface area contributed by atoms with Crippen LogP contribution in [0.15, 0.2) is 41.5 Å². The van der Waals surface area contributed by atoms with Crippen molar-refractivity contribution < 1.29 is 14.3 Å². The Bertz CT molecular complexity index is 653. The highest BCUT2D eigenvalue weighted by Gasteiger charge is 2.06. The molecule has 0 fully saturated rings. The van der Waals surface area contributed by atoms with Gasteiger partial charge in [-0.15, -0.1) is 0 Å². The van der Waals surface area contributed by atoms with Gasteiger partial charge in [-0.05, 0) is 23.8 Å². The quantitative estimate of drug-likeness (QED) is 0.503. The Labute approximate surface area is 123 Å². The smallest absolute Gasteiger partial charge is 0.327 e. The summed E-state index contributed by atoms with van der Waals surface area (Å²) >= 11 is 0. The first-order chi connectivity index (χ1) is 10.3. The van der Waals surface area contributed by atoms with E-state index >= 15 is 0 Å². The summed E-state index contributed by atoms with van der Waals surface area (Å²) in [6.07, 6.45) is 1.65. The molecule has 0 atom stereocenters. The third-order valence-electron chi connectivity index (χ3n) is 2.96. The average Bonchev–Trinajstić information content (AvgIpc) is 2.51. The molecule has 0 saturated heterocycles. The van der Waals surface area contributed by atoms with Crippen molar-refractivity contribution in [2.24, 2.45) is 5.10 Å². The molecule has 0 spiro atoms. The molecule has 110 valence electrons. The maximum absolute atomic E-state index is 11.2. The Kier molecular flexibility index (Phi) is 5.15. The Balaban J connectivity index is 2.18. The van der Waals surface area contributed by atoms with Crippen LogP contribution in [0.1, 0.15) is 12.5 Å². The van der Waals surface area contributed by atoms with E-state index in [-0.39, 0.29) is 12.5 Å². The highest BCUT2D eigenvalue weighted by atomic mass is 16.5. The van der Waals surface area contributed by atoms with Crippen LogP contribution in [-0.4, -0.2) is 32.4 Å². The predicted molar refractivity (Wildman–Crippen MR) is 82.7 cm³/mol. The van der Waals surface area contributed by atoms with Crippen LogP contribution in [0.5, 0.6) is 5.75 Å². The van der Waals surface area contributed by atoms with Crippen LogP contribution >= 0.6 is 0 Å². The van der Waals surface area contributed by atoms with Gasteiger partial charge in [0, 0.05) is 5.56 Å². The first-order valence-corrected chi connectivity index (χ1v) is 6.73. The van der Waals surface area contributed by atoms with Crippen LogP contribution in [0.3, 0.4) is 0 Å². The predicted octanol–water partition coefficient (Wildman–Crippen LogP) is 2.33. The number of hydrogen-bond acceptors (Lipinski definition) is 5. The fourth-order valence-corrected chi connectivity index (χ4v) is 2.02. The van der Waals surface area contributed by atoms with Crippen molar-refractivity contribution in [3.8, 4) is 5.75 Å². The van der Waals surface area contributed by atoms with Crippen LogP contribution in [0.4, 0.5) is 0 Å². The Morgan fingerprint density at radius 2 is 2.10 bits per heavy atom. The zero-order chi connectivity index (χ0) is 15.1. The molecule has 2 aromatic carbocycles. The standard InChI is InChI=1S/C16H18N2O3/c1-3-21-16(19)11-18-17-10-14-13-7-5-4-6-12(13)8-9-15(14)20-2/h4-10,18H,3,11H2,1-2H3. The van der Waals surface area contributed by atoms with Gasteiger partial charge in [-0.3, -0.25) is 10.2 Å². The van der Waals surface area contributed by atoms with Crippen molar-refractivity contribution in [1.82, 2.24) is 5.43 Å². The minimum Gasteiger partial charge on any atom is -0.496 e. The summed E-state index contributed by atoms with van der Waals surface area (Å²) in [6.45, 7) is 2.17. The van der Waals surface area contributed by atoms with Crippen molar-refractivity contribution in [2.45, 2.75) is 6.92 Å². The van der Waals surface area contributed by atoms with Crippen molar-refractivity contribution in [2.75, 3.05) is 20.3 Å². The monoisotopic (exact) mass is 286 g/mol. The molecular formula is C16H18N2O3. The number of esters is 1. The van der Waals surface area contributed by atoms with E-state index in [0.29, 0.717) is 6.61 Å². The Morgan fingerprint density at radius 3 is 2.86 bits per heavy atom. The number of benzene rings is 2. The molecular weight excluding hydrogens is 268 g/mol. The van der Waals surface area contributed by atoms with E-state index in [2.05, 4.69) is 10.5 Å². The number of methoxy groups -OCH3 is 1. The van der Waals surface area contributed by atoms with Gasteiger partial charge in [-0.1, -0.05) is 30.3 Å². The molecule has 0 amide bonds. The van der Waals surface area contributed by atoms with Crippen molar-refractivity contribution in [3.05, 3.63) is 42.0 Å². The number of carbonyl (C=O) groups is 1. The third kappa shape index (κ3) is 3.72. The maximum Gasteiger partial charge on any atom is 0.327 e. The molecule has 0 aliphatic carbocycles. The summed E-state index contributed by atoms with van der Waals surface area (Å²) in [7, 11) is 1.62. The second-order valence-corrected chi connectivity index (χ2v) is 4.30. The molecule has 2 aromatic rings. The van der Waals surface area contributed by atoms with Crippen molar-refractivity contribution in [3.63, 3.8) is 0 Å². The SMILES string of the molecule is CCOC(=O)CNN=Cc1c(OC)ccc2ccccc12. The molecule has 0 aliphatic rings. The molecule has 0 heterocycles. The molecule has 0 saturated carbocycles. The van der Waals surface area contributed by atoms with Gasteiger partial charge in [-0.2, -0.15) is 5.10 Å². The summed E-state index contributed by atoms with van der Waals surface area (Å²) in [5.41, 5.74) is 3.54. The summed E-state index contributed by atoms with van der Waals surface area (Å²) in [4.78, 5) is 11.2. The Morgan fingerprint density at radius 1 is 1.29 bits per heavy atom. The van der Waals surface area contributed by atoms with E-state index in [0.717, 1.165) is 22.1 Å². The normalized spacial score (nSPS) is 10.8. The number of hydrazone groups is 1. The number of fused-ring (bicyclic) bond motifs is 1. The van der Waals surface area contributed by atoms with E-state index in [9.17, 15) is 4.79 Å². The van der Waals surface area contributed by atoms with E-state index in [4.69, 9.17) is 9.47 Å². The lowest BCUT2D eigenvalue weighted by molar-refractivity contribution is -0.141. The summed E-state index contributed by atoms with van der Waals surface area (Å²) in [6, 6.07) is 11.9. The van der Waals surface area contributed by atoms with Gasteiger partial charge in [0.05, 0.1) is 19.9 Å². The number of nitrogens with one attached hydrogen (secondary N) is 1. The lowest BCUT2D eigenvalue weighted by Gasteiger charge is -2.08. The topological polar surface area (TPSA) is 59.9 Å². The fourth-order valence-electron chi connectivity index (χ4n) is 2.02. The van der Waals surface area contributed by atoms with E-state index in [1.54, 1.807) is 20.2 Å². The molecule has 0 bridgehead atoms. The number of hydrogen-bond donors (Lipinski definition) is 1. The van der Waals surface area contributed by atoms with Gasteiger partial charge in [0.25, 0.3) is 0 Å². The third-order valence-corrected chi connectivity index (χ3v) is 2.96. The Hall–Kier alpha value is -2.56. The minimum absolute atomic E-state index is 0.0391. The van der Waals surface area contributed by atoms with Crippen LogP contribution in [0, 0.1) is 0 Å². The van der Waals surface area contributed by atoms with Gasteiger partial charge in [-0.25, -0.2) is 0 Å². The molecule has 5 nitrogen and oxygen atoms in total. The van der Waals surface area contributed by atoms with Crippen LogP contribution in [0.25, 0.3) is 10.8 Å². The molecule has 1 N–H and O–H groups in total. The fraction of sp³-hybridized carbons (Fsp3) is 0.250. The maximum atomic E-state index is 11.2. The van der Waals surface area contributed by atoms with Gasteiger partial charge in [0.1, 0.15) is 12.3 Å². The van der Waals surface area contributed by atoms with Crippen LogP contribution in [-0.2, 0) is 9.53 Å². The highest BCUT2D eigenvalue weighted by molar-refractivity contribution is 6.02. The molecule has 0 aliphatic heterocycles. The largest absolute Gasteiger partial charge is 0.496 e. The molecule has 5 heteroatoms.